The number of carboxylic acid groups (broad SMARTS) is 1. The van der Waals surface area contributed by atoms with Crippen LogP contribution in [-0.2, 0) is 4.79 Å². The quantitative estimate of drug-likeness (QED) is 0.804. The molecule has 2 N–H and O–H groups in total. The van der Waals surface area contributed by atoms with Crippen LogP contribution in [0.25, 0.3) is 0 Å². The number of carbonyl (C=O) groups excluding carboxylic acids is 1. The Morgan fingerprint density at radius 2 is 1.56 bits per heavy atom. The van der Waals surface area contributed by atoms with E-state index in [4.69, 9.17) is 14.6 Å². The van der Waals surface area contributed by atoms with Gasteiger partial charge in [-0.2, -0.15) is 0 Å². The Labute approximate surface area is 146 Å². The van der Waals surface area contributed by atoms with Crippen LogP contribution in [0, 0.1) is 5.41 Å². The number of benzene rings is 2. The molecule has 0 fully saturated rings. The van der Waals surface area contributed by atoms with Gasteiger partial charge in [-0.05, 0) is 62.4 Å². The second kappa shape index (κ2) is 7.70. The van der Waals surface area contributed by atoms with Gasteiger partial charge in [0.25, 0.3) is 5.91 Å². The van der Waals surface area contributed by atoms with Crippen LogP contribution >= 0.6 is 0 Å². The van der Waals surface area contributed by atoms with Gasteiger partial charge >= 0.3 is 5.97 Å². The van der Waals surface area contributed by atoms with Crippen molar-refractivity contribution in [3.8, 4) is 11.5 Å². The molecule has 0 aliphatic heterocycles. The van der Waals surface area contributed by atoms with E-state index in [1.165, 1.54) is 0 Å². The van der Waals surface area contributed by atoms with Crippen LogP contribution in [0.5, 0.6) is 11.5 Å². The third-order valence-corrected chi connectivity index (χ3v) is 3.64. The van der Waals surface area contributed by atoms with Gasteiger partial charge in [0, 0.05) is 11.3 Å². The van der Waals surface area contributed by atoms with E-state index in [9.17, 15) is 9.59 Å². The zero-order valence-electron chi connectivity index (χ0n) is 14.4. The van der Waals surface area contributed by atoms with Gasteiger partial charge in [0.05, 0.1) is 12.5 Å². The molecule has 2 aromatic rings. The highest BCUT2D eigenvalue weighted by molar-refractivity contribution is 6.04. The number of amides is 1. The number of nitrogens with one attached hydrogen (secondary N) is 1. The molecule has 0 bridgehead atoms. The van der Waals surface area contributed by atoms with Gasteiger partial charge in [-0.1, -0.05) is 0 Å². The number of aliphatic carboxylic acids is 1. The smallest absolute Gasteiger partial charge is 0.312 e. The van der Waals surface area contributed by atoms with Crippen molar-refractivity contribution in [2.75, 3.05) is 19.0 Å². The minimum atomic E-state index is -0.982. The minimum Gasteiger partial charge on any atom is -0.497 e. The molecule has 0 aliphatic rings. The molecule has 0 heterocycles. The zero-order valence-corrected chi connectivity index (χ0v) is 14.4. The number of hydrogen-bond donors (Lipinski definition) is 2. The molecule has 25 heavy (non-hydrogen) atoms. The third kappa shape index (κ3) is 4.97. The average molecular weight is 343 g/mol. The second-order valence-electron chi connectivity index (χ2n) is 6.18. The van der Waals surface area contributed by atoms with Gasteiger partial charge in [-0.15, -0.1) is 0 Å². The molecule has 2 aromatic carbocycles. The molecule has 0 unspecified atom stereocenters. The average Bonchev–Trinajstić information content (AvgIpc) is 2.61. The Kier molecular flexibility index (Phi) is 5.64. The molecule has 0 spiro atoms. The lowest BCUT2D eigenvalue weighted by Crippen LogP contribution is -2.30. The van der Waals surface area contributed by atoms with E-state index in [0.29, 0.717) is 22.7 Å². The van der Waals surface area contributed by atoms with E-state index in [2.05, 4.69) is 5.32 Å². The van der Waals surface area contributed by atoms with Crippen LogP contribution < -0.4 is 14.8 Å². The number of rotatable bonds is 7. The summed E-state index contributed by atoms with van der Waals surface area (Å²) in [5.74, 6) is 0.0460. The molecule has 2 rings (SSSR count). The number of hydrogen-bond acceptors (Lipinski definition) is 4. The molecule has 132 valence electrons. The summed E-state index contributed by atoms with van der Waals surface area (Å²) in [4.78, 5) is 23.3. The molecule has 0 radical (unpaired) electrons. The van der Waals surface area contributed by atoms with Crippen molar-refractivity contribution in [2.24, 2.45) is 5.41 Å². The fourth-order valence-electron chi connectivity index (χ4n) is 1.91. The lowest BCUT2D eigenvalue weighted by Gasteiger charge is -2.19. The summed E-state index contributed by atoms with van der Waals surface area (Å²) in [6.45, 7) is 3.22. The maximum absolute atomic E-state index is 12.2. The van der Waals surface area contributed by atoms with Crippen molar-refractivity contribution in [1.29, 1.82) is 0 Å². The minimum absolute atomic E-state index is 0.0414. The van der Waals surface area contributed by atoms with E-state index >= 15 is 0 Å². The fourth-order valence-corrected chi connectivity index (χ4v) is 1.91. The van der Waals surface area contributed by atoms with Crippen molar-refractivity contribution in [3.05, 3.63) is 54.1 Å². The molecule has 6 heteroatoms. The Morgan fingerprint density at radius 1 is 1.00 bits per heavy atom. The predicted octanol–water partition coefficient (Wildman–Crippen LogP) is 3.44. The van der Waals surface area contributed by atoms with Crippen LogP contribution in [0.2, 0.25) is 0 Å². The highest BCUT2D eigenvalue weighted by Crippen LogP contribution is 2.20. The number of ether oxygens (including phenoxy) is 2. The summed E-state index contributed by atoms with van der Waals surface area (Å²) < 4.78 is 10.6. The standard InChI is InChI=1S/C19H21NO5/c1-19(2,18(22)23)12-25-16-8-4-13(5-9-16)17(21)20-14-6-10-15(24-3)11-7-14/h4-11H,12H2,1-3H3,(H,20,21)(H,22,23). The molecular formula is C19H21NO5. The first-order valence-corrected chi connectivity index (χ1v) is 7.73. The number of carbonyl (C=O) groups is 2. The molecule has 0 saturated carbocycles. The Bertz CT molecular complexity index is 735. The third-order valence-electron chi connectivity index (χ3n) is 3.64. The number of carboxylic acids is 1. The topological polar surface area (TPSA) is 84.9 Å². The van der Waals surface area contributed by atoms with Gasteiger partial charge in [-0.25, -0.2) is 0 Å². The normalized spacial score (nSPS) is 10.8. The van der Waals surface area contributed by atoms with Gasteiger partial charge in [-0.3, -0.25) is 9.59 Å². The van der Waals surface area contributed by atoms with Crippen LogP contribution in [0.4, 0.5) is 5.69 Å². The first kappa shape index (κ1) is 18.3. The van der Waals surface area contributed by atoms with Crippen LogP contribution in [0.3, 0.4) is 0 Å². The number of methoxy groups -OCH3 is 1. The molecule has 6 nitrogen and oxygen atoms in total. The summed E-state index contributed by atoms with van der Waals surface area (Å²) in [6.07, 6.45) is 0. The van der Waals surface area contributed by atoms with Crippen molar-refractivity contribution >= 4 is 17.6 Å². The second-order valence-corrected chi connectivity index (χ2v) is 6.18. The zero-order chi connectivity index (χ0) is 18.4. The van der Waals surface area contributed by atoms with Gasteiger partial charge < -0.3 is 19.9 Å². The van der Waals surface area contributed by atoms with Crippen molar-refractivity contribution in [1.82, 2.24) is 0 Å². The molecule has 0 aliphatic carbocycles. The van der Waals surface area contributed by atoms with Crippen molar-refractivity contribution < 1.29 is 24.2 Å². The highest BCUT2D eigenvalue weighted by atomic mass is 16.5. The SMILES string of the molecule is COc1ccc(NC(=O)c2ccc(OCC(C)(C)C(=O)O)cc2)cc1. The van der Waals surface area contributed by atoms with Crippen LogP contribution in [0.15, 0.2) is 48.5 Å². The molecular weight excluding hydrogens is 322 g/mol. The maximum Gasteiger partial charge on any atom is 0.312 e. The van der Waals surface area contributed by atoms with Gasteiger partial charge in [0.1, 0.15) is 18.1 Å². The summed E-state index contributed by atoms with van der Waals surface area (Å²) >= 11 is 0. The molecule has 0 atom stereocenters. The van der Waals surface area contributed by atoms with E-state index in [0.717, 1.165) is 0 Å². The van der Waals surface area contributed by atoms with Gasteiger partial charge in [0.2, 0.25) is 0 Å². The summed E-state index contributed by atoms with van der Waals surface area (Å²) in [7, 11) is 1.58. The predicted molar refractivity (Wildman–Crippen MR) is 94.3 cm³/mol. The van der Waals surface area contributed by atoms with Crippen molar-refractivity contribution in [3.63, 3.8) is 0 Å². The van der Waals surface area contributed by atoms with Crippen LogP contribution in [0.1, 0.15) is 24.2 Å². The fraction of sp³-hybridized carbons (Fsp3) is 0.263. The lowest BCUT2D eigenvalue weighted by molar-refractivity contribution is -0.148. The summed E-state index contributed by atoms with van der Waals surface area (Å²) in [5, 5.41) is 11.9. The maximum atomic E-state index is 12.2. The lowest BCUT2D eigenvalue weighted by atomic mass is 9.95. The van der Waals surface area contributed by atoms with E-state index < -0.39 is 11.4 Å². The first-order valence-electron chi connectivity index (χ1n) is 7.73. The number of anilines is 1. The molecule has 0 saturated heterocycles. The summed E-state index contributed by atoms with van der Waals surface area (Å²) in [5.41, 5.74) is 0.153. The van der Waals surface area contributed by atoms with E-state index in [1.54, 1.807) is 69.5 Å². The largest absolute Gasteiger partial charge is 0.497 e. The Morgan fingerprint density at radius 3 is 2.08 bits per heavy atom. The monoisotopic (exact) mass is 343 g/mol. The Hall–Kier alpha value is -3.02. The Balaban J connectivity index is 1.96. The first-order chi connectivity index (χ1) is 11.8. The molecule has 0 aromatic heterocycles. The van der Waals surface area contributed by atoms with Gasteiger partial charge in [0.15, 0.2) is 0 Å². The molecule has 1 amide bonds. The van der Waals surface area contributed by atoms with Crippen LogP contribution in [-0.4, -0.2) is 30.7 Å². The van der Waals surface area contributed by atoms with E-state index in [-0.39, 0.29) is 12.5 Å². The highest BCUT2D eigenvalue weighted by Gasteiger charge is 2.28. The van der Waals surface area contributed by atoms with E-state index in [1.807, 2.05) is 0 Å². The summed E-state index contributed by atoms with van der Waals surface area (Å²) in [6, 6.07) is 13.6. The van der Waals surface area contributed by atoms with Crippen molar-refractivity contribution in [2.45, 2.75) is 13.8 Å².